The highest BCUT2D eigenvalue weighted by atomic mass is 32.2. The molecule has 0 saturated carbocycles. The Labute approximate surface area is 123 Å². The van der Waals surface area contributed by atoms with Gasteiger partial charge in [0.25, 0.3) is 0 Å². The van der Waals surface area contributed by atoms with Gasteiger partial charge in [0, 0.05) is 12.1 Å². The van der Waals surface area contributed by atoms with E-state index in [4.69, 9.17) is 0 Å². The van der Waals surface area contributed by atoms with Crippen LogP contribution in [-0.4, -0.2) is 32.8 Å². The molecule has 0 bridgehead atoms. The number of nitrogens with one attached hydrogen (secondary N) is 2. The normalized spacial score (nSPS) is 13.6. The van der Waals surface area contributed by atoms with Crippen molar-refractivity contribution >= 4 is 10.0 Å². The zero-order valence-electron chi connectivity index (χ0n) is 12.6. The molecule has 0 radical (unpaired) electrons. The topological polar surface area (TPSA) is 58.2 Å². The number of benzene rings is 1. The average Bonchev–Trinajstić information content (AvgIpc) is 2.35. The summed E-state index contributed by atoms with van der Waals surface area (Å²) in [6, 6.07) is 10.2. The van der Waals surface area contributed by atoms with Gasteiger partial charge >= 0.3 is 0 Å². The molecule has 5 heteroatoms. The van der Waals surface area contributed by atoms with Gasteiger partial charge in [-0.1, -0.05) is 44.2 Å². The van der Waals surface area contributed by atoms with Gasteiger partial charge in [-0.15, -0.1) is 0 Å². The number of hydrogen-bond acceptors (Lipinski definition) is 3. The largest absolute Gasteiger partial charge is 0.314 e. The molecule has 1 unspecified atom stereocenters. The van der Waals surface area contributed by atoms with Crippen molar-refractivity contribution in [2.24, 2.45) is 0 Å². The van der Waals surface area contributed by atoms with E-state index in [1.165, 1.54) is 0 Å². The first-order valence-corrected chi connectivity index (χ1v) is 8.81. The third kappa shape index (κ3) is 7.62. The molecule has 0 saturated heterocycles. The summed E-state index contributed by atoms with van der Waals surface area (Å²) in [6.07, 6.45) is 1.34. The van der Waals surface area contributed by atoms with Crippen LogP contribution < -0.4 is 10.0 Å². The van der Waals surface area contributed by atoms with Crippen molar-refractivity contribution in [3.8, 4) is 0 Å². The molecule has 0 fully saturated rings. The molecule has 0 spiro atoms. The average molecular weight is 298 g/mol. The summed E-state index contributed by atoms with van der Waals surface area (Å²) in [4.78, 5) is 0. The van der Waals surface area contributed by atoms with E-state index in [0.29, 0.717) is 18.9 Å². The van der Waals surface area contributed by atoms with E-state index in [1.807, 2.05) is 37.3 Å². The Bertz CT molecular complexity index is 472. The lowest BCUT2D eigenvalue weighted by atomic mass is 10.1. The third-order valence-corrected chi connectivity index (χ3v) is 4.50. The van der Waals surface area contributed by atoms with Gasteiger partial charge in [0.2, 0.25) is 10.0 Å². The predicted molar refractivity (Wildman–Crippen MR) is 84.3 cm³/mol. The van der Waals surface area contributed by atoms with E-state index in [9.17, 15) is 8.42 Å². The van der Waals surface area contributed by atoms with Crippen LogP contribution in [-0.2, 0) is 16.4 Å². The summed E-state index contributed by atoms with van der Waals surface area (Å²) in [5, 5.41) is 3.22. The molecular formula is C15H26N2O2S. The third-order valence-electron chi connectivity index (χ3n) is 2.91. The molecule has 1 rings (SSSR count). The Morgan fingerprint density at radius 1 is 1.10 bits per heavy atom. The van der Waals surface area contributed by atoms with Crippen molar-refractivity contribution in [3.63, 3.8) is 0 Å². The molecule has 1 aromatic carbocycles. The second kappa shape index (κ2) is 8.39. The molecule has 2 N–H and O–H groups in total. The first-order valence-electron chi connectivity index (χ1n) is 7.16. The molecular weight excluding hydrogens is 272 g/mol. The highest BCUT2D eigenvalue weighted by Gasteiger charge is 2.14. The number of rotatable bonds is 9. The lowest BCUT2D eigenvalue weighted by Crippen LogP contribution is -2.36. The Morgan fingerprint density at radius 3 is 2.35 bits per heavy atom. The van der Waals surface area contributed by atoms with Gasteiger partial charge in [-0.25, -0.2) is 13.1 Å². The van der Waals surface area contributed by atoms with Gasteiger partial charge in [-0.2, -0.15) is 0 Å². The fourth-order valence-electron chi connectivity index (χ4n) is 2.03. The van der Waals surface area contributed by atoms with E-state index < -0.39 is 10.0 Å². The summed E-state index contributed by atoms with van der Waals surface area (Å²) >= 11 is 0. The minimum absolute atomic E-state index is 0.0829. The highest BCUT2D eigenvalue weighted by molar-refractivity contribution is 7.89. The predicted octanol–water partition coefficient (Wildman–Crippen LogP) is 1.93. The molecule has 0 aromatic heterocycles. The summed E-state index contributed by atoms with van der Waals surface area (Å²) in [7, 11) is -3.19. The highest BCUT2D eigenvalue weighted by Crippen LogP contribution is 2.04. The quantitative estimate of drug-likeness (QED) is 0.685. The standard InChI is InChI=1S/C15H26N2O2S/c1-13(2)16-10-7-11-20(18,19)17-14(3)12-15-8-5-4-6-9-15/h4-6,8-9,13-14,16-17H,7,10-12H2,1-3H3. The van der Waals surface area contributed by atoms with Gasteiger partial charge in [0.05, 0.1) is 5.75 Å². The van der Waals surface area contributed by atoms with Crippen molar-refractivity contribution in [1.82, 2.24) is 10.0 Å². The van der Waals surface area contributed by atoms with Gasteiger partial charge in [-0.05, 0) is 31.9 Å². The van der Waals surface area contributed by atoms with E-state index in [2.05, 4.69) is 23.9 Å². The monoisotopic (exact) mass is 298 g/mol. The molecule has 0 aliphatic heterocycles. The summed E-state index contributed by atoms with van der Waals surface area (Å²) in [5.41, 5.74) is 1.14. The van der Waals surface area contributed by atoms with Crippen LogP contribution >= 0.6 is 0 Å². The van der Waals surface area contributed by atoms with Crippen LogP contribution in [0.3, 0.4) is 0 Å². The van der Waals surface area contributed by atoms with E-state index in [-0.39, 0.29) is 11.8 Å². The Morgan fingerprint density at radius 2 is 1.75 bits per heavy atom. The minimum Gasteiger partial charge on any atom is -0.314 e. The SMILES string of the molecule is CC(C)NCCCS(=O)(=O)NC(C)Cc1ccccc1. The van der Waals surface area contributed by atoms with Gasteiger partial charge in [0.1, 0.15) is 0 Å². The van der Waals surface area contributed by atoms with Crippen LogP contribution in [0.25, 0.3) is 0 Å². The Hall–Kier alpha value is -0.910. The maximum Gasteiger partial charge on any atom is 0.211 e. The first-order chi connectivity index (χ1) is 9.39. The summed E-state index contributed by atoms with van der Waals surface area (Å²) in [5.74, 6) is 0.172. The van der Waals surface area contributed by atoms with Crippen molar-refractivity contribution in [2.45, 2.75) is 45.7 Å². The Kier molecular flexibility index (Phi) is 7.19. The maximum atomic E-state index is 11.9. The summed E-state index contributed by atoms with van der Waals surface area (Å²) in [6.45, 7) is 6.73. The molecule has 114 valence electrons. The lowest BCUT2D eigenvalue weighted by molar-refractivity contribution is 0.547. The molecule has 0 amide bonds. The molecule has 1 atom stereocenters. The molecule has 4 nitrogen and oxygen atoms in total. The van der Waals surface area contributed by atoms with Crippen LogP contribution in [0.2, 0.25) is 0 Å². The molecule has 0 aliphatic carbocycles. The fraction of sp³-hybridized carbons (Fsp3) is 0.600. The van der Waals surface area contributed by atoms with Gasteiger partial charge in [0.15, 0.2) is 0 Å². The zero-order valence-corrected chi connectivity index (χ0v) is 13.4. The van der Waals surface area contributed by atoms with Crippen molar-refractivity contribution in [3.05, 3.63) is 35.9 Å². The van der Waals surface area contributed by atoms with E-state index in [0.717, 1.165) is 12.1 Å². The molecule has 0 aliphatic rings. The van der Waals surface area contributed by atoms with Crippen molar-refractivity contribution in [2.75, 3.05) is 12.3 Å². The second-order valence-electron chi connectivity index (χ2n) is 5.49. The van der Waals surface area contributed by atoms with Crippen LogP contribution in [0.1, 0.15) is 32.8 Å². The van der Waals surface area contributed by atoms with E-state index in [1.54, 1.807) is 0 Å². The van der Waals surface area contributed by atoms with E-state index >= 15 is 0 Å². The second-order valence-corrected chi connectivity index (χ2v) is 7.36. The van der Waals surface area contributed by atoms with Crippen LogP contribution in [0.15, 0.2) is 30.3 Å². The van der Waals surface area contributed by atoms with Crippen molar-refractivity contribution < 1.29 is 8.42 Å². The molecule has 0 heterocycles. The fourth-order valence-corrected chi connectivity index (χ4v) is 3.37. The number of hydrogen-bond donors (Lipinski definition) is 2. The lowest BCUT2D eigenvalue weighted by Gasteiger charge is -2.14. The van der Waals surface area contributed by atoms with Crippen LogP contribution in [0, 0.1) is 0 Å². The van der Waals surface area contributed by atoms with Crippen molar-refractivity contribution in [1.29, 1.82) is 0 Å². The summed E-state index contributed by atoms with van der Waals surface area (Å²) < 4.78 is 26.6. The Balaban J connectivity index is 2.34. The molecule has 1 aromatic rings. The minimum atomic E-state index is -3.19. The number of sulfonamides is 1. The van der Waals surface area contributed by atoms with Crippen LogP contribution in [0.5, 0.6) is 0 Å². The smallest absolute Gasteiger partial charge is 0.211 e. The van der Waals surface area contributed by atoms with Gasteiger partial charge in [-0.3, -0.25) is 0 Å². The van der Waals surface area contributed by atoms with Crippen LogP contribution in [0.4, 0.5) is 0 Å². The zero-order chi connectivity index (χ0) is 15.0. The maximum absolute atomic E-state index is 11.9. The first kappa shape index (κ1) is 17.1. The molecule has 20 heavy (non-hydrogen) atoms. The van der Waals surface area contributed by atoms with Gasteiger partial charge < -0.3 is 5.32 Å².